The zero-order valence-electron chi connectivity index (χ0n) is 16.9. The highest BCUT2D eigenvalue weighted by Crippen LogP contribution is 2.30. The monoisotopic (exact) mass is 382 g/mol. The molecule has 1 heterocycles. The first-order valence-electron chi connectivity index (χ1n) is 9.92. The quantitative estimate of drug-likeness (QED) is 0.854. The van der Waals surface area contributed by atoms with Crippen molar-refractivity contribution in [2.75, 3.05) is 26.7 Å². The van der Waals surface area contributed by atoms with Crippen LogP contribution in [0.5, 0.6) is 0 Å². The van der Waals surface area contributed by atoms with Gasteiger partial charge in [-0.25, -0.2) is 0 Å². The standard InChI is InChI=1S/C23H30N2O3/c1-16-13-25(17(2)14-26)23(27)21-11-7-6-10-20(21)19-9-5-4-8-18(19)15-28-22(16)12-24-3/h4-11,16-17,22,24,26H,12-15H2,1-3H3/t16-,17+,22-/m0/s1. The molecule has 5 heteroatoms. The second kappa shape index (κ2) is 9.32. The Bertz CT molecular complexity index is 808. The van der Waals surface area contributed by atoms with E-state index in [0.29, 0.717) is 25.3 Å². The van der Waals surface area contributed by atoms with E-state index in [1.54, 1.807) is 4.90 Å². The Morgan fingerprint density at radius 3 is 2.46 bits per heavy atom. The molecule has 0 spiro atoms. The van der Waals surface area contributed by atoms with Crippen molar-refractivity contribution in [2.24, 2.45) is 5.92 Å². The Morgan fingerprint density at radius 1 is 1.14 bits per heavy atom. The van der Waals surface area contributed by atoms with Crippen LogP contribution in [0.4, 0.5) is 0 Å². The number of rotatable bonds is 4. The molecular formula is C23H30N2O3. The largest absolute Gasteiger partial charge is 0.394 e. The van der Waals surface area contributed by atoms with Crippen LogP contribution < -0.4 is 5.32 Å². The van der Waals surface area contributed by atoms with Crippen molar-refractivity contribution in [2.45, 2.75) is 32.6 Å². The molecule has 2 N–H and O–H groups in total. The van der Waals surface area contributed by atoms with Crippen LogP contribution >= 0.6 is 0 Å². The molecular weight excluding hydrogens is 352 g/mol. The number of benzene rings is 2. The molecule has 0 saturated carbocycles. The molecule has 5 nitrogen and oxygen atoms in total. The third kappa shape index (κ3) is 4.27. The van der Waals surface area contributed by atoms with E-state index in [1.165, 1.54) is 0 Å². The van der Waals surface area contributed by atoms with Crippen molar-refractivity contribution in [3.05, 3.63) is 59.7 Å². The van der Waals surface area contributed by atoms with Crippen molar-refractivity contribution in [1.29, 1.82) is 0 Å². The Hall–Kier alpha value is -2.21. The number of fused-ring (bicyclic) bond motifs is 3. The first-order valence-corrected chi connectivity index (χ1v) is 9.92. The van der Waals surface area contributed by atoms with Gasteiger partial charge in [-0.1, -0.05) is 49.4 Å². The minimum atomic E-state index is -0.269. The summed E-state index contributed by atoms with van der Waals surface area (Å²) in [5.74, 6) is 0.0618. The zero-order valence-corrected chi connectivity index (χ0v) is 16.9. The molecule has 0 aromatic heterocycles. The van der Waals surface area contributed by atoms with E-state index in [4.69, 9.17) is 4.74 Å². The maximum Gasteiger partial charge on any atom is 0.254 e. The van der Waals surface area contributed by atoms with E-state index in [-0.39, 0.29) is 30.6 Å². The number of amides is 1. The molecule has 0 fully saturated rings. The highest BCUT2D eigenvalue weighted by atomic mass is 16.5. The lowest BCUT2D eigenvalue weighted by Gasteiger charge is -2.33. The lowest BCUT2D eigenvalue weighted by atomic mass is 9.94. The van der Waals surface area contributed by atoms with E-state index in [1.807, 2.05) is 56.4 Å². The van der Waals surface area contributed by atoms with E-state index < -0.39 is 0 Å². The molecule has 2 aromatic rings. The van der Waals surface area contributed by atoms with Gasteiger partial charge >= 0.3 is 0 Å². The third-order valence-corrected chi connectivity index (χ3v) is 5.50. The predicted octanol–water partition coefficient (Wildman–Crippen LogP) is 2.93. The third-order valence-electron chi connectivity index (χ3n) is 5.50. The highest BCUT2D eigenvalue weighted by molar-refractivity contribution is 6.01. The number of aliphatic hydroxyl groups is 1. The van der Waals surface area contributed by atoms with Gasteiger partial charge in [0.2, 0.25) is 0 Å². The minimum absolute atomic E-state index is 0.0412. The van der Waals surface area contributed by atoms with Gasteiger partial charge in [0.25, 0.3) is 5.91 Å². The first kappa shape index (κ1) is 20.5. The molecule has 0 radical (unpaired) electrons. The number of ether oxygens (including phenoxy) is 1. The fourth-order valence-electron chi connectivity index (χ4n) is 3.78. The predicted molar refractivity (Wildman–Crippen MR) is 111 cm³/mol. The Labute approximate surface area is 167 Å². The number of carbonyl (C=O) groups excluding carboxylic acids is 1. The van der Waals surface area contributed by atoms with Gasteiger partial charge in [-0.2, -0.15) is 0 Å². The molecule has 1 amide bonds. The van der Waals surface area contributed by atoms with Gasteiger partial charge in [0.15, 0.2) is 0 Å². The van der Waals surface area contributed by atoms with Crippen LogP contribution in [0.2, 0.25) is 0 Å². The minimum Gasteiger partial charge on any atom is -0.394 e. The van der Waals surface area contributed by atoms with Gasteiger partial charge in [0, 0.05) is 24.6 Å². The fraction of sp³-hybridized carbons (Fsp3) is 0.435. The average molecular weight is 383 g/mol. The maximum absolute atomic E-state index is 13.5. The van der Waals surface area contributed by atoms with Gasteiger partial charge in [0.05, 0.1) is 25.4 Å². The van der Waals surface area contributed by atoms with E-state index in [0.717, 1.165) is 16.7 Å². The summed E-state index contributed by atoms with van der Waals surface area (Å²) in [6.45, 7) is 5.62. The van der Waals surface area contributed by atoms with Gasteiger partial charge < -0.3 is 20.1 Å². The van der Waals surface area contributed by atoms with Crippen LogP contribution in [0.3, 0.4) is 0 Å². The second-order valence-corrected chi connectivity index (χ2v) is 7.58. The number of nitrogens with zero attached hydrogens (tertiary/aromatic N) is 1. The molecule has 3 atom stereocenters. The van der Waals surface area contributed by atoms with E-state index in [2.05, 4.69) is 18.3 Å². The van der Waals surface area contributed by atoms with Crippen molar-refractivity contribution < 1.29 is 14.6 Å². The van der Waals surface area contributed by atoms with Crippen molar-refractivity contribution in [3.8, 4) is 11.1 Å². The Balaban J connectivity index is 2.14. The van der Waals surface area contributed by atoms with Gasteiger partial charge in [-0.3, -0.25) is 4.79 Å². The summed E-state index contributed by atoms with van der Waals surface area (Å²) in [6.07, 6.45) is -0.0412. The number of hydrogen-bond acceptors (Lipinski definition) is 4. The number of aliphatic hydroxyl groups excluding tert-OH is 1. The lowest BCUT2D eigenvalue weighted by molar-refractivity contribution is -0.00645. The number of hydrogen-bond donors (Lipinski definition) is 2. The van der Waals surface area contributed by atoms with E-state index in [9.17, 15) is 9.90 Å². The first-order chi connectivity index (χ1) is 13.6. The molecule has 1 aliphatic heterocycles. The fourth-order valence-corrected chi connectivity index (χ4v) is 3.78. The molecule has 0 aliphatic carbocycles. The number of likely N-dealkylation sites (N-methyl/N-ethyl adjacent to an activating group) is 1. The summed E-state index contributed by atoms with van der Waals surface area (Å²) in [6, 6.07) is 15.5. The number of carbonyl (C=O) groups is 1. The summed E-state index contributed by atoms with van der Waals surface area (Å²) < 4.78 is 6.30. The van der Waals surface area contributed by atoms with Crippen LogP contribution in [0, 0.1) is 5.92 Å². The normalized spacial score (nSPS) is 21.4. The van der Waals surface area contributed by atoms with Crippen LogP contribution in [0.25, 0.3) is 11.1 Å². The summed E-state index contributed by atoms with van der Waals surface area (Å²) in [5.41, 5.74) is 3.65. The molecule has 0 saturated heterocycles. The van der Waals surface area contributed by atoms with Crippen LogP contribution in [-0.4, -0.2) is 54.8 Å². The van der Waals surface area contributed by atoms with Gasteiger partial charge in [0.1, 0.15) is 0 Å². The van der Waals surface area contributed by atoms with Crippen LogP contribution in [0.1, 0.15) is 29.8 Å². The summed E-state index contributed by atoms with van der Waals surface area (Å²) in [4.78, 5) is 15.3. The zero-order chi connectivity index (χ0) is 20.1. The molecule has 2 aromatic carbocycles. The Kier molecular flexibility index (Phi) is 6.83. The smallest absolute Gasteiger partial charge is 0.254 e. The van der Waals surface area contributed by atoms with Gasteiger partial charge in [-0.05, 0) is 36.7 Å². The van der Waals surface area contributed by atoms with E-state index >= 15 is 0 Å². The lowest BCUT2D eigenvalue weighted by Crippen LogP contribution is -2.46. The topological polar surface area (TPSA) is 61.8 Å². The summed E-state index contributed by atoms with van der Waals surface area (Å²) in [5, 5.41) is 13.0. The highest BCUT2D eigenvalue weighted by Gasteiger charge is 2.29. The molecule has 28 heavy (non-hydrogen) atoms. The molecule has 0 bridgehead atoms. The van der Waals surface area contributed by atoms with Gasteiger partial charge in [-0.15, -0.1) is 0 Å². The molecule has 1 aliphatic rings. The van der Waals surface area contributed by atoms with Crippen molar-refractivity contribution >= 4 is 5.91 Å². The Morgan fingerprint density at radius 2 is 1.79 bits per heavy atom. The SMILES string of the molecule is CNC[C@@H]1OCc2ccccc2-c2ccccc2C(=O)N([C@H](C)CO)C[C@@H]1C. The van der Waals surface area contributed by atoms with Crippen LogP contribution in [-0.2, 0) is 11.3 Å². The van der Waals surface area contributed by atoms with Crippen LogP contribution in [0.15, 0.2) is 48.5 Å². The average Bonchev–Trinajstić information content (AvgIpc) is 2.74. The summed E-state index contributed by atoms with van der Waals surface area (Å²) >= 11 is 0. The molecule has 3 rings (SSSR count). The second-order valence-electron chi connectivity index (χ2n) is 7.58. The van der Waals surface area contributed by atoms with Crippen molar-refractivity contribution in [3.63, 3.8) is 0 Å². The molecule has 0 unspecified atom stereocenters. The van der Waals surface area contributed by atoms with Crippen molar-refractivity contribution in [1.82, 2.24) is 10.2 Å². The summed E-state index contributed by atoms with van der Waals surface area (Å²) in [7, 11) is 1.91. The maximum atomic E-state index is 13.5. The molecule has 150 valence electrons. The number of nitrogens with one attached hydrogen (secondary N) is 1.